The summed E-state index contributed by atoms with van der Waals surface area (Å²) in [5.41, 5.74) is 4.75. The molecule has 0 saturated heterocycles. The van der Waals surface area contributed by atoms with Crippen LogP contribution in [0.15, 0.2) is 35.5 Å². The van der Waals surface area contributed by atoms with Crippen molar-refractivity contribution in [1.82, 2.24) is 0 Å². The predicted molar refractivity (Wildman–Crippen MR) is 117 cm³/mol. The van der Waals surface area contributed by atoms with Crippen LogP contribution in [0.5, 0.6) is 0 Å². The van der Waals surface area contributed by atoms with Gasteiger partial charge in [0.15, 0.2) is 0 Å². The van der Waals surface area contributed by atoms with Crippen LogP contribution in [-0.2, 0) is 0 Å². The number of fused-ring (bicyclic) bond motifs is 1. The SMILES string of the molecule is C=C1CC[C@H](O)C/C1=C/C=C1\CCC[C@]2(C)[C@@H](CCCCC(C)C)CC[C@@H]12. The maximum atomic E-state index is 9.99. The van der Waals surface area contributed by atoms with E-state index in [1.165, 1.54) is 68.9 Å². The number of aliphatic hydroxyl groups excluding tert-OH is 1. The molecule has 3 aliphatic carbocycles. The van der Waals surface area contributed by atoms with Crippen molar-refractivity contribution in [3.63, 3.8) is 0 Å². The first-order valence-electron chi connectivity index (χ1n) is 11.7. The average Bonchev–Trinajstić information content (AvgIpc) is 2.96. The lowest BCUT2D eigenvalue weighted by molar-refractivity contribution is 0.127. The minimum absolute atomic E-state index is 0.168. The monoisotopic (exact) mass is 370 g/mol. The number of hydrogen-bond acceptors (Lipinski definition) is 1. The Labute approximate surface area is 168 Å². The fraction of sp³-hybridized carbons (Fsp3) is 0.769. The molecular weight excluding hydrogens is 328 g/mol. The van der Waals surface area contributed by atoms with Gasteiger partial charge in [-0.2, -0.15) is 0 Å². The quantitative estimate of drug-likeness (QED) is 0.484. The van der Waals surface area contributed by atoms with Gasteiger partial charge >= 0.3 is 0 Å². The second-order valence-electron chi connectivity index (χ2n) is 10.3. The number of allylic oxidation sites excluding steroid dienone is 4. The second-order valence-corrected chi connectivity index (χ2v) is 10.3. The molecule has 0 unspecified atom stereocenters. The van der Waals surface area contributed by atoms with Crippen molar-refractivity contribution in [2.75, 3.05) is 0 Å². The van der Waals surface area contributed by atoms with E-state index in [-0.39, 0.29) is 6.10 Å². The lowest BCUT2D eigenvalue weighted by Crippen LogP contribution is -2.33. The predicted octanol–water partition coefficient (Wildman–Crippen LogP) is 7.37. The summed E-state index contributed by atoms with van der Waals surface area (Å²) in [5.74, 6) is 2.57. The first-order valence-corrected chi connectivity index (χ1v) is 11.7. The van der Waals surface area contributed by atoms with Crippen LogP contribution in [0.4, 0.5) is 0 Å². The molecule has 1 heteroatoms. The molecule has 0 bridgehead atoms. The molecular formula is C26H42O. The lowest BCUT2D eigenvalue weighted by atomic mass is 9.62. The highest BCUT2D eigenvalue weighted by atomic mass is 16.3. The van der Waals surface area contributed by atoms with Gasteiger partial charge in [-0.05, 0) is 86.5 Å². The maximum absolute atomic E-state index is 9.99. The minimum Gasteiger partial charge on any atom is -0.393 e. The highest BCUT2D eigenvalue weighted by Crippen LogP contribution is 2.58. The molecule has 3 fully saturated rings. The van der Waals surface area contributed by atoms with Crippen LogP contribution in [-0.4, -0.2) is 11.2 Å². The highest BCUT2D eigenvalue weighted by molar-refractivity contribution is 5.36. The average molecular weight is 371 g/mol. The summed E-state index contributed by atoms with van der Waals surface area (Å²) in [7, 11) is 0. The Morgan fingerprint density at radius 3 is 2.74 bits per heavy atom. The summed E-state index contributed by atoms with van der Waals surface area (Å²) in [6.45, 7) is 11.5. The normalized spacial score (nSPS) is 37.4. The largest absolute Gasteiger partial charge is 0.393 e. The van der Waals surface area contributed by atoms with E-state index in [4.69, 9.17) is 0 Å². The third-order valence-electron chi connectivity index (χ3n) is 7.93. The van der Waals surface area contributed by atoms with Crippen LogP contribution >= 0.6 is 0 Å². The van der Waals surface area contributed by atoms with Gasteiger partial charge in [0, 0.05) is 0 Å². The second kappa shape index (κ2) is 9.12. The van der Waals surface area contributed by atoms with E-state index in [0.29, 0.717) is 5.41 Å². The Bertz CT molecular complexity index is 581. The molecule has 3 saturated carbocycles. The summed E-state index contributed by atoms with van der Waals surface area (Å²) < 4.78 is 0. The zero-order valence-electron chi connectivity index (χ0n) is 18.1. The number of unbranched alkanes of at least 4 members (excludes halogenated alkanes) is 1. The number of hydrogen-bond donors (Lipinski definition) is 1. The maximum Gasteiger partial charge on any atom is 0.0583 e. The van der Waals surface area contributed by atoms with Gasteiger partial charge in [0.2, 0.25) is 0 Å². The molecule has 0 aromatic carbocycles. The molecule has 1 N–H and O–H groups in total. The van der Waals surface area contributed by atoms with Crippen LogP contribution in [0.3, 0.4) is 0 Å². The molecule has 3 aliphatic rings. The Kier molecular flexibility index (Phi) is 7.06. The zero-order valence-corrected chi connectivity index (χ0v) is 18.1. The van der Waals surface area contributed by atoms with E-state index in [0.717, 1.165) is 37.0 Å². The fourth-order valence-corrected chi connectivity index (χ4v) is 6.16. The molecule has 0 aromatic rings. The van der Waals surface area contributed by atoms with Gasteiger partial charge in [0.1, 0.15) is 0 Å². The molecule has 0 radical (unpaired) electrons. The first-order chi connectivity index (χ1) is 12.9. The van der Waals surface area contributed by atoms with Crippen LogP contribution < -0.4 is 0 Å². The molecule has 0 aliphatic heterocycles. The molecule has 0 aromatic heterocycles. The van der Waals surface area contributed by atoms with Gasteiger partial charge in [-0.1, -0.05) is 69.9 Å². The summed E-state index contributed by atoms with van der Waals surface area (Å²) in [6, 6.07) is 0. The first kappa shape index (κ1) is 20.9. The van der Waals surface area contributed by atoms with Crippen LogP contribution in [0, 0.1) is 23.2 Å². The molecule has 27 heavy (non-hydrogen) atoms. The van der Waals surface area contributed by atoms with Crippen LogP contribution in [0.1, 0.15) is 97.8 Å². The van der Waals surface area contributed by atoms with Gasteiger partial charge in [0.05, 0.1) is 6.10 Å². The van der Waals surface area contributed by atoms with Gasteiger partial charge in [-0.25, -0.2) is 0 Å². The van der Waals surface area contributed by atoms with Crippen molar-refractivity contribution in [3.8, 4) is 0 Å². The van der Waals surface area contributed by atoms with E-state index in [2.05, 4.69) is 39.5 Å². The number of aliphatic hydroxyl groups is 1. The molecule has 0 spiro atoms. The summed E-state index contributed by atoms with van der Waals surface area (Å²) in [6.07, 6.45) is 19.7. The van der Waals surface area contributed by atoms with Crippen LogP contribution in [0.2, 0.25) is 0 Å². The third-order valence-corrected chi connectivity index (χ3v) is 7.93. The van der Waals surface area contributed by atoms with E-state index in [1.807, 2.05) is 0 Å². The van der Waals surface area contributed by atoms with E-state index in [1.54, 1.807) is 5.57 Å². The molecule has 4 atom stereocenters. The van der Waals surface area contributed by atoms with Crippen molar-refractivity contribution in [2.45, 2.75) is 104 Å². The Hall–Kier alpha value is -0.820. The minimum atomic E-state index is -0.168. The molecule has 1 nitrogen and oxygen atoms in total. The lowest BCUT2D eigenvalue weighted by Gasteiger charge is -2.42. The Morgan fingerprint density at radius 1 is 1.15 bits per heavy atom. The zero-order chi connectivity index (χ0) is 19.4. The summed E-state index contributed by atoms with van der Waals surface area (Å²) in [4.78, 5) is 0. The smallest absolute Gasteiger partial charge is 0.0583 e. The van der Waals surface area contributed by atoms with Gasteiger partial charge < -0.3 is 5.11 Å². The summed E-state index contributed by atoms with van der Waals surface area (Å²) in [5, 5.41) is 9.99. The van der Waals surface area contributed by atoms with Crippen molar-refractivity contribution in [2.24, 2.45) is 23.2 Å². The van der Waals surface area contributed by atoms with Crippen molar-refractivity contribution < 1.29 is 5.11 Å². The Balaban J connectivity index is 1.65. The van der Waals surface area contributed by atoms with E-state index >= 15 is 0 Å². The van der Waals surface area contributed by atoms with Gasteiger partial charge in [-0.15, -0.1) is 0 Å². The topological polar surface area (TPSA) is 20.2 Å². The standard InChI is InChI=1S/C26H42O/c1-19(2)8-5-6-10-23-14-16-25-21(9-7-17-26(23,25)4)12-13-22-18-24(27)15-11-20(22)3/h12-13,19,23-25,27H,3,5-11,14-18H2,1-2,4H3/b21-12+,22-13-/t23-,24-,25-,26+/m0/s1. The van der Waals surface area contributed by atoms with Crippen LogP contribution in [0.25, 0.3) is 0 Å². The van der Waals surface area contributed by atoms with Gasteiger partial charge in [-0.3, -0.25) is 0 Å². The molecule has 0 amide bonds. The van der Waals surface area contributed by atoms with Crippen molar-refractivity contribution in [3.05, 3.63) is 35.5 Å². The Morgan fingerprint density at radius 2 is 1.96 bits per heavy atom. The van der Waals surface area contributed by atoms with Crippen molar-refractivity contribution in [1.29, 1.82) is 0 Å². The highest BCUT2D eigenvalue weighted by Gasteiger charge is 2.48. The van der Waals surface area contributed by atoms with Crippen molar-refractivity contribution >= 4 is 0 Å². The third kappa shape index (κ3) is 4.97. The van der Waals surface area contributed by atoms with E-state index < -0.39 is 0 Å². The van der Waals surface area contributed by atoms with Gasteiger partial charge in [0.25, 0.3) is 0 Å². The van der Waals surface area contributed by atoms with E-state index in [9.17, 15) is 5.11 Å². The molecule has 3 rings (SSSR count). The number of rotatable bonds is 6. The fourth-order valence-electron chi connectivity index (χ4n) is 6.16. The molecule has 0 heterocycles. The molecule has 152 valence electrons. The summed E-state index contributed by atoms with van der Waals surface area (Å²) >= 11 is 0.